The van der Waals surface area contributed by atoms with E-state index in [4.69, 9.17) is 9.97 Å². The third-order valence-corrected chi connectivity index (χ3v) is 7.52. The van der Waals surface area contributed by atoms with Gasteiger partial charge in [-0.05, 0) is 90.7 Å². The molecule has 3 aromatic heterocycles. The summed E-state index contributed by atoms with van der Waals surface area (Å²) < 4.78 is 0. The fourth-order valence-corrected chi connectivity index (χ4v) is 5.29. The monoisotopic (exact) mass is 536 g/mol. The number of aromatic nitrogens is 4. The molecule has 2 aliphatic heterocycles. The summed E-state index contributed by atoms with van der Waals surface area (Å²) in [4.78, 5) is 16.6. The summed E-state index contributed by atoms with van der Waals surface area (Å²) in [5.41, 5.74) is 11.2. The van der Waals surface area contributed by atoms with Gasteiger partial charge in [0.1, 0.15) is 0 Å². The maximum absolute atomic E-state index is 4.91. The van der Waals surface area contributed by atoms with E-state index in [1.165, 1.54) is 49.7 Å². The number of fused-ring (bicyclic) bond motifs is 8. The molecular formula is C37H36N4. The zero-order valence-corrected chi connectivity index (χ0v) is 23.7. The van der Waals surface area contributed by atoms with Crippen molar-refractivity contribution in [1.82, 2.24) is 19.9 Å². The third kappa shape index (κ3) is 7.13. The second kappa shape index (κ2) is 12.7. The highest BCUT2D eigenvalue weighted by atomic mass is 14.8. The Morgan fingerprint density at radius 2 is 1.22 bits per heavy atom. The molecule has 204 valence electrons. The highest BCUT2D eigenvalue weighted by Gasteiger charge is 2.10. The molecule has 0 saturated carbocycles. The summed E-state index contributed by atoms with van der Waals surface area (Å²) >= 11 is 0. The first-order valence-electron chi connectivity index (χ1n) is 14.9. The quantitative estimate of drug-likeness (QED) is 0.153. The summed E-state index contributed by atoms with van der Waals surface area (Å²) in [5.74, 6) is 6.79. The predicted molar refractivity (Wildman–Crippen MR) is 173 cm³/mol. The van der Waals surface area contributed by atoms with Crippen LogP contribution in [0.3, 0.4) is 0 Å². The van der Waals surface area contributed by atoms with Gasteiger partial charge in [0.2, 0.25) is 0 Å². The number of H-pyrrole nitrogens is 2. The van der Waals surface area contributed by atoms with Crippen LogP contribution >= 0.6 is 0 Å². The van der Waals surface area contributed by atoms with Crippen LogP contribution in [-0.4, -0.2) is 19.9 Å². The molecule has 4 aromatic rings. The molecule has 41 heavy (non-hydrogen) atoms. The largest absolute Gasteiger partial charge is 0.355 e. The molecule has 0 spiro atoms. The molecule has 6 rings (SSSR count). The Bertz CT molecular complexity index is 1800. The SMILES string of the molecule is CCCCCCCCc1ccc(CC#CC2=Cc3cc4ccc(cc5ccc(cc6nc(cc2n3)C=C6)[nH]5)[nH]4)cc1. The van der Waals surface area contributed by atoms with E-state index in [0.717, 1.165) is 56.8 Å². The van der Waals surface area contributed by atoms with Gasteiger partial charge in [-0.1, -0.05) is 75.1 Å². The van der Waals surface area contributed by atoms with Crippen LogP contribution in [0.15, 0.2) is 72.8 Å². The van der Waals surface area contributed by atoms with E-state index < -0.39 is 0 Å². The Labute approximate surface area is 242 Å². The average Bonchev–Trinajstić information content (AvgIpc) is 3.78. The summed E-state index contributed by atoms with van der Waals surface area (Å²) in [6.45, 7) is 2.27. The van der Waals surface area contributed by atoms with Crippen LogP contribution in [0.2, 0.25) is 0 Å². The van der Waals surface area contributed by atoms with Gasteiger partial charge < -0.3 is 9.97 Å². The number of aryl methyl sites for hydroxylation is 1. The number of hydrogen-bond acceptors (Lipinski definition) is 2. The number of rotatable bonds is 8. The number of nitrogens with one attached hydrogen (secondary N) is 2. The molecule has 2 aliphatic rings. The molecule has 0 radical (unpaired) electrons. The van der Waals surface area contributed by atoms with Crippen molar-refractivity contribution in [1.29, 1.82) is 0 Å². The number of hydrogen-bond donors (Lipinski definition) is 2. The Morgan fingerprint density at radius 1 is 0.610 bits per heavy atom. The zero-order valence-electron chi connectivity index (χ0n) is 23.7. The van der Waals surface area contributed by atoms with Gasteiger partial charge in [-0.3, -0.25) is 0 Å². The molecule has 5 heterocycles. The predicted octanol–water partition coefficient (Wildman–Crippen LogP) is 9.17. The average molecular weight is 537 g/mol. The second-order valence-electron chi connectivity index (χ2n) is 10.9. The highest BCUT2D eigenvalue weighted by molar-refractivity contribution is 5.93. The van der Waals surface area contributed by atoms with Crippen molar-refractivity contribution in [3.8, 4) is 11.8 Å². The molecule has 2 N–H and O–H groups in total. The molecular weight excluding hydrogens is 500 g/mol. The Hall–Kier alpha value is -4.62. The van der Waals surface area contributed by atoms with Crippen LogP contribution < -0.4 is 0 Å². The molecule has 4 nitrogen and oxygen atoms in total. The van der Waals surface area contributed by atoms with Gasteiger partial charge in [0.15, 0.2) is 0 Å². The van der Waals surface area contributed by atoms with Crippen molar-refractivity contribution in [2.24, 2.45) is 0 Å². The molecule has 0 saturated heterocycles. The topological polar surface area (TPSA) is 57.4 Å². The van der Waals surface area contributed by atoms with Gasteiger partial charge in [0.05, 0.1) is 28.3 Å². The van der Waals surface area contributed by atoms with Gasteiger partial charge in [0, 0.05) is 28.5 Å². The number of allylic oxidation sites excluding steroid dienone is 1. The lowest BCUT2D eigenvalue weighted by atomic mass is 10.0. The first-order chi connectivity index (χ1) is 20.2. The number of nitrogens with zero attached hydrogens (tertiary/aromatic N) is 2. The molecule has 0 amide bonds. The third-order valence-electron chi connectivity index (χ3n) is 7.52. The van der Waals surface area contributed by atoms with Crippen molar-refractivity contribution >= 4 is 45.9 Å². The van der Waals surface area contributed by atoms with Crippen LogP contribution in [0.4, 0.5) is 0 Å². The summed E-state index contributed by atoms with van der Waals surface area (Å²) in [6.07, 6.45) is 16.0. The zero-order chi connectivity index (χ0) is 27.9. The fourth-order valence-electron chi connectivity index (χ4n) is 5.29. The lowest BCUT2D eigenvalue weighted by Crippen LogP contribution is -1.88. The highest BCUT2D eigenvalue weighted by Crippen LogP contribution is 2.23. The normalized spacial score (nSPS) is 12.2. The number of unbranched alkanes of at least 4 members (excludes halogenated alkanes) is 5. The summed E-state index contributed by atoms with van der Waals surface area (Å²) in [5, 5.41) is 0. The van der Waals surface area contributed by atoms with Crippen LogP contribution in [0.25, 0.3) is 45.9 Å². The standard InChI is InChI=1S/C37H36N4/c1-2-3-4-5-6-7-9-27-12-14-28(15-13-27)10-8-11-29-22-36-25-34-19-18-32(39-34)23-30-16-17-31(38-30)24-33-20-21-35(40-33)26-37(29)41-36/h12-26,38-39H,2-7,9-10H2,1H3. The van der Waals surface area contributed by atoms with Gasteiger partial charge in [-0.2, -0.15) is 0 Å². The smallest absolute Gasteiger partial charge is 0.0815 e. The van der Waals surface area contributed by atoms with Crippen molar-refractivity contribution in [3.05, 3.63) is 107 Å². The van der Waals surface area contributed by atoms with Crippen LogP contribution in [-0.2, 0) is 12.8 Å². The van der Waals surface area contributed by atoms with E-state index in [-0.39, 0.29) is 0 Å². The summed E-state index contributed by atoms with van der Waals surface area (Å²) in [7, 11) is 0. The van der Waals surface area contributed by atoms with E-state index in [9.17, 15) is 0 Å². The van der Waals surface area contributed by atoms with Crippen LogP contribution in [0.1, 0.15) is 79.4 Å². The molecule has 0 fully saturated rings. The van der Waals surface area contributed by atoms with Crippen molar-refractivity contribution in [3.63, 3.8) is 0 Å². The van der Waals surface area contributed by atoms with E-state index in [0.29, 0.717) is 6.42 Å². The Morgan fingerprint density at radius 3 is 1.95 bits per heavy atom. The lowest BCUT2D eigenvalue weighted by molar-refractivity contribution is 0.607. The lowest BCUT2D eigenvalue weighted by Gasteiger charge is -2.03. The van der Waals surface area contributed by atoms with Crippen LogP contribution in [0, 0.1) is 11.8 Å². The molecule has 1 aromatic carbocycles. The second-order valence-corrected chi connectivity index (χ2v) is 10.9. The minimum atomic E-state index is 0.711. The molecule has 0 aliphatic carbocycles. The van der Waals surface area contributed by atoms with Crippen molar-refractivity contribution in [2.75, 3.05) is 0 Å². The number of aromatic amines is 2. The molecule has 0 unspecified atom stereocenters. The van der Waals surface area contributed by atoms with Crippen molar-refractivity contribution < 1.29 is 0 Å². The maximum atomic E-state index is 4.91. The van der Waals surface area contributed by atoms with E-state index in [1.54, 1.807) is 0 Å². The Balaban J connectivity index is 1.23. The van der Waals surface area contributed by atoms with Crippen LogP contribution in [0.5, 0.6) is 0 Å². The van der Waals surface area contributed by atoms with Gasteiger partial charge in [-0.25, -0.2) is 9.97 Å². The Kier molecular flexibility index (Phi) is 8.24. The minimum Gasteiger partial charge on any atom is -0.355 e. The number of benzene rings is 1. The molecule has 0 atom stereocenters. The fraction of sp³-hybridized carbons (Fsp3) is 0.243. The molecule has 4 heteroatoms. The van der Waals surface area contributed by atoms with Gasteiger partial charge in [0.25, 0.3) is 0 Å². The van der Waals surface area contributed by atoms with E-state index >= 15 is 0 Å². The first kappa shape index (κ1) is 26.6. The summed E-state index contributed by atoms with van der Waals surface area (Å²) in [6, 6.07) is 25.5. The molecule has 8 bridgehead atoms. The maximum Gasteiger partial charge on any atom is 0.0815 e. The van der Waals surface area contributed by atoms with E-state index in [1.807, 2.05) is 18.2 Å². The van der Waals surface area contributed by atoms with E-state index in [2.05, 4.69) is 102 Å². The first-order valence-corrected chi connectivity index (χ1v) is 14.9. The van der Waals surface area contributed by atoms with Crippen molar-refractivity contribution in [2.45, 2.75) is 58.3 Å². The minimum absolute atomic E-state index is 0.711. The van der Waals surface area contributed by atoms with Gasteiger partial charge >= 0.3 is 0 Å². The van der Waals surface area contributed by atoms with Gasteiger partial charge in [-0.15, -0.1) is 0 Å².